The van der Waals surface area contributed by atoms with Crippen LogP contribution in [0.5, 0.6) is 0 Å². The smallest absolute Gasteiger partial charge is 0.161 e. The Balaban J connectivity index is 1.65. The largest absolute Gasteiger partial charge is 0.393 e. The number of hydrogen-bond donors (Lipinski definition) is 1. The van der Waals surface area contributed by atoms with Crippen LogP contribution in [0.15, 0.2) is 30.6 Å². The number of ether oxygens (including phenoxy) is 1. The Morgan fingerprint density at radius 1 is 1.20 bits per heavy atom. The average Bonchev–Trinajstić information content (AvgIpc) is 3.12. The first kappa shape index (κ1) is 16.4. The summed E-state index contributed by atoms with van der Waals surface area (Å²) in [6.07, 6.45) is 6.13. The Kier molecular flexibility index (Phi) is 4.63. The third kappa shape index (κ3) is 3.37. The molecule has 6 heteroatoms. The van der Waals surface area contributed by atoms with Gasteiger partial charge in [-0.3, -0.25) is 4.98 Å². The molecule has 1 N–H and O–H groups in total. The van der Waals surface area contributed by atoms with Crippen molar-refractivity contribution in [3.63, 3.8) is 0 Å². The highest BCUT2D eigenvalue weighted by atomic mass is 16.5. The number of rotatable bonds is 3. The van der Waals surface area contributed by atoms with E-state index in [1.807, 2.05) is 25.1 Å². The standard InChI is InChI=1S/C19H24N4O2/c1-13-11-18(22-19(21-13)14-4-7-20-8-5-14)23-9-2-3-16(23)15-12-25-10-6-17(15)24/h4-5,7-8,11,15-17,24H,2-3,6,9-10,12H2,1H3/t15-,16-,17+/m1/s1. The summed E-state index contributed by atoms with van der Waals surface area (Å²) in [7, 11) is 0. The molecule has 0 aromatic carbocycles. The Morgan fingerprint density at radius 3 is 2.84 bits per heavy atom. The Hall–Kier alpha value is -2.05. The lowest BCUT2D eigenvalue weighted by Crippen LogP contribution is -2.46. The van der Waals surface area contributed by atoms with Crippen molar-refractivity contribution in [3.05, 3.63) is 36.3 Å². The van der Waals surface area contributed by atoms with E-state index >= 15 is 0 Å². The summed E-state index contributed by atoms with van der Waals surface area (Å²) < 4.78 is 5.64. The molecule has 4 rings (SSSR count). The van der Waals surface area contributed by atoms with E-state index in [1.54, 1.807) is 12.4 Å². The number of aryl methyl sites for hydroxylation is 1. The first-order chi connectivity index (χ1) is 12.2. The molecule has 0 spiro atoms. The monoisotopic (exact) mass is 340 g/mol. The number of aromatic nitrogens is 3. The van der Waals surface area contributed by atoms with Gasteiger partial charge in [-0.15, -0.1) is 0 Å². The molecular weight excluding hydrogens is 316 g/mol. The number of aliphatic hydroxyl groups is 1. The van der Waals surface area contributed by atoms with E-state index in [4.69, 9.17) is 9.72 Å². The summed E-state index contributed by atoms with van der Waals surface area (Å²) >= 11 is 0. The van der Waals surface area contributed by atoms with Crippen LogP contribution in [0.3, 0.4) is 0 Å². The van der Waals surface area contributed by atoms with Crippen molar-refractivity contribution in [2.75, 3.05) is 24.7 Å². The van der Waals surface area contributed by atoms with Gasteiger partial charge in [0.15, 0.2) is 5.82 Å². The average molecular weight is 340 g/mol. The van der Waals surface area contributed by atoms with Crippen LogP contribution < -0.4 is 4.90 Å². The second kappa shape index (κ2) is 7.06. The molecule has 2 aliphatic heterocycles. The maximum atomic E-state index is 10.4. The molecule has 2 fully saturated rings. The molecule has 0 bridgehead atoms. The lowest BCUT2D eigenvalue weighted by atomic mass is 9.89. The fourth-order valence-corrected chi connectivity index (χ4v) is 3.97. The highest BCUT2D eigenvalue weighted by Gasteiger charge is 2.38. The van der Waals surface area contributed by atoms with Crippen LogP contribution in [0, 0.1) is 12.8 Å². The lowest BCUT2D eigenvalue weighted by Gasteiger charge is -2.37. The van der Waals surface area contributed by atoms with E-state index in [-0.39, 0.29) is 18.1 Å². The van der Waals surface area contributed by atoms with Gasteiger partial charge in [0.25, 0.3) is 0 Å². The van der Waals surface area contributed by atoms with Crippen molar-refractivity contribution in [1.29, 1.82) is 0 Å². The topological polar surface area (TPSA) is 71.4 Å². The normalized spacial score (nSPS) is 26.8. The minimum atomic E-state index is -0.290. The predicted molar refractivity (Wildman–Crippen MR) is 95.3 cm³/mol. The summed E-state index contributed by atoms with van der Waals surface area (Å²) in [6, 6.07) is 6.17. The van der Waals surface area contributed by atoms with Crippen LogP contribution in [-0.2, 0) is 4.74 Å². The molecule has 2 aromatic heterocycles. The molecule has 0 amide bonds. The van der Waals surface area contributed by atoms with Crippen LogP contribution in [0.25, 0.3) is 11.4 Å². The third-order valence-corrected chi connectivity index (χ3v) is 5.23. The molecule has 0 aliphatic carbocycles. The Labute approximate surface area is 147 Å². The van der Waals surface area contributed by atoms with Crippen LogP contribution in [0.2, 0.25) is 0 Å². The van der Waals surface area contributed by atoms with E-state index in [9.17, 15) is 5.11 Å². The van der Waals surface area contributed by atoms with Gasteiger partial charge < -0.3 is 14.7 Å². The van der Waals surface area contributed by atoms with E-state index in [1.165, 1.54) is 0 Å². The van der Waals surface area contributed by atoms with Crippen LogP contribution in [0.1, 0.15) is 25.0 Å². The Morgan fingerprint density at radius 2 is 2.04 bits per heavy atom. The van der Waals surface area contributed by atoms with E-state index in [0.717, 1.165) is 48.7 Å². The van der Waals surface area contributed by atoms with Crippen molar-refractivity contribution in [2.24, 2.45) is 5.92 Å². The molecule has 6 nitrogen and oxygen atoms in total. The Bertz CT molecular complexity index is 725. The molecule has 2 aliphatic rings. The van der Waals surface area contributed by atoms with Gasteiger partial charge in [0.2, 0.25) is 0 Å². The molecule has 0 radical (unpaired) electrons. The second-order valence-corrected chi connectivity index (χ2v) is 6.92. The fraction of sp³-hybridized carbons (Fsp3) is 0.526. The van der Waals surface area contributed by atoms with Crippen LogP contribution in [-0.4, -0.2) is 52.0 Å². The van der Waals surface area contributed by atoms with Gasteiger partial charge in [-0.1, -0.05) is 0 Å². The SMILES string of the molecule is Cc1cc(N2CCC[C@@H]2[C@H]2COCC[C@@H]2O)nc(-c2ccncc2)n1. The number of hydrogen-bond acceptors (Lipinski definition) is 6. The van der Waals surface area contributed by atoms with Crippen molar-refractivity contribution in [1.82, 2.24) is 15.0 Å². The summed E-state index contributed by atoms with van der Waals surface area (Å²) in [5.41, 5.74) is 1.92. The predicted octanol–water partition coefficient (Wildman–Crippen LogP) is 2.21. The highest BCUT2D eigenvalue weighted by molar-refractivity contribution is 5.57. The van der Waals surface area contributed by atoms with Crippen LogP contribution >= 0.6 is 0 Å². The minimum Gasteiger partial charge on any atom is -0.393 e. The van der Waals surface area contributed by atoms with Crippen molar-refractivity contribution >= 4 is 5.82 Å². The molecule has 4 heterocycles. The lowest BCUT2D eigenvalue weighted by molar-refractivity contribution is -0.0438. The molecule has 3 atom stereocenters. The first-order valence-electron chi connectivity index (χ1n) is 9.01. The minimum absolute atomic E-state index is 0.149. The van der Waals surface area contributed by atoms with Gasteiger partial charge in [-0.25, -0.2) is 9.97 Å². The third-order valence-electron chi connectivity index (χ3n) is 5.23. The van der Waals surface area contributed by atoms with Crippen LogP contribution in [0.4, 0.5) is 5.82 Å². The fourth-order valence-electron chi connectivity index (χ4n) is 3.97. The van der Waals surface area contributed by atoms with Crippen molar-refractivity contribution in [3.8, 4) is 11.4 Å². The molecule has 0 saturated carbocycles. The summed E-state index contributed by atoms with van der Waals surface area (Å²) in [5.74, 6) is 1.82. The summed E-state index contributed by atoms with van der Waals surface area (Å²) in [4.78, 5) is 15.8. The quantitative estimate of drug-likeness (QED) is 0.924. The van der Waals surface area contributed by atoms with E-state index in [0.29, 0.717) is 13.2 Å². The van der Waals surface area contributed by atoms with E-state index < -0.39 is 0 Å². The van der Waals surface area contributed by atoms with Gasteiger partial charge in [0, 0.05) is 54.8 Å². The molecule has 132 valence electrons. The number of nitrogens with zero attached hydrogens (tertiary/aromatic N) is 4. The maximum absolute atomic E-state index is 10.4. The molecule has 2 saturated heterocycles. The first-order valence-corrected chi connectivity index (χ1v) is 9.01. The molecule has 0 unspecified atom stereocenters. The van der Waals surface area contributed by atoms with Gasteiger partial charge in [-0.2, -0.15) is 0 Å². The van der Waals surface area contributed by atoms with Gasteiger partial charge in [0.1, 0.15) is 5.82 Å². The molecule has 25 heavy (non-hydrogen) atoms. The second-order valence-electron chi connectivity index (χ2n) is 6.92. The molecule has 2 aromatic rings. The summed E-state index contributed by atoms with van der Waals surface area (Å²) in [5, 5.41) is 10.4. The zero-order chi connectivity index (χ0) is 17.2. The van der Waals surface area contributed by atoms with E-state index in [2.05, 4.69) is 14.9 Å². The maximum Gasteiger partial charge on any atom is 0.161 e. The zero-order valence-electron chi connectivity index (χ0n) is 14.5. The number of anilines is 1. The molecular formula is C19H24N4O2. The van der Waals surface area contributed by atoms with Gasteiger partial charge in [-0.05, 0) is 38.3 Å². The zero-order valence-corrected chi connectivity index (χ0v) is 14.5. The van der Waals surface area contributed by atoms with Crippen molar-refractivity contribution in [2.45, 2.75) is 38.3 Å². The summed E-state index contributed by atoms with van der Waals surface area (Å²) in [6.45, 7) is 4.24. The van der Waals surface area contributed by atoms with Gasteiger partial charge in [0.05, 0.1) is 12.7 Å². The number of pyridine rings is 1. The number of aliphatic hydroxyl groups excluding tert-OH is 1. The van der Waals surface area contributed by atoms with Gasteiger partial charge >= 0.3 is 0 Å². The van der Waals surface area contributed by atoms with Crippen molar-refractivity contribution < 1.29 is 9.84 Å². The highest BCUT2D eigenvalue weighted by Crippen LogP contribution is 2.33.